The third-order valence-corrected chi connectivity index (χ3v) is 6.59. The van der Waals surface area contributed by atoms with Crippen molar-refractivity contribution in [3.8, 4) is 0 Å². The Kier molecular flexibility index (Phi) is 4.71. The third-order valence-electron chi connectivity index (χ3n) is 4.46. The minimum atomic E-state index is -3.52. The molecule has 1 aliphatic rings. The molecule has 136 valence electrons. The molecule has 3 aromatic rings. The number of rotatable bonds is 4. The van der Waals surface area contributed by atoms with Crippen molar-refractivity contribution in [1.82, 2.24) is 14.2 Å². The highest BCUT2D eigenvalue weighted by molar-refractivity contribution is 7.89. The van der Waals surface area contributed by atoms with Gasteiger partial charge in [-0.05, 0) is 30.3 Å². The number of aromatic nitrogens is 1. The van der Waals surface area contributed by atoms with E-state index in [1.165, 1.54) is 10.4 Å². The van der Waals surface area contributed by atoms with Crippen molar-refractivity contribution in [2.45, 2.75) is 11.4 Å². The van der Waals surface area contributed by atoms with Crippen LogP contribution in [-0.2, 0) is 16.6 Å². The Morgan fingerprint density at radius 3 is 2.54 bits per heavy atom. The molecule has 0 N–H and O–H groups in total. The minimum Gasteiger partial charge on any atom is -0.439 e. The zero-order valence-electron chi connectivity index (χ0n) is 14.0. The summed E-state index contributed by atoms with van der Waals surface area (Å²) in [4.78, 5) is 6.86. The molecule has 0 bridgehead atoms. The molecule has 6 nitrogen and oxygen atoms in total. The van der Waals surface area contributed by atoms with Crippen LogP contribution < -0.4 is 0 Å². The number of benzene rings is 2. The van der Waals surface area contributed by atoms with Crippen LogP contribution in [0.1, 0.15) is 5.89 Å². The second-order valence-corrected chi connectivity index (χ2v) is 8.59. The van der Waals surface area contributed by atoms with E-state index in [4.69, 9.17) is 16.0 Å². The maximum Gasteiger partial charge on any atom is 0.243 e. The topological polar surface area (TPSA) is 66.7 Å². The molecule has 0 saturated carbocycles. The molecule has 1 aliphatic heterocycles. The molecular formula is C18H18ClN3O3S. The fourth-order valence-electron chi connectivity index (χ4n) is 3.08. The predicted octanol–water partition coefficient (Wildman–Crippen LogP) is 2.99. The van der Waals surface area contributed by atoms with E-state index >= 15 is 0 Å². The maximum absolute atomic E-state index is 12.7. The average Bonchev–Trinajstić information content (AvgIpc) is 3.04. The van der Waals surface area contributed by atoms with E-state index in [0.717, 1.165) is 11.1 Å². The number of sulfonamides is 1. The highest BCUT2D eigenvalue weighted by Crippen LogP contribution is 2.22. The summed E-state index contributed by atoms with van der Waals surface area (Å²) in [7, 11) is -3.52. The van der Waals surface area contributed by atoms with Gasteiger partial charge in [-0.3, -0.25) is 4.90 Å². The predicted molar refractivity (Wildman–Crippen MR) is 99.5 cm³/mol. The number of para-hydroxylation sites is 2. The van der Waals surface area contributed by atoms with Crippen molar-refractivity contribution >= 4 is 32.7 Å². The summed E-state index contributed by atoms with van der Waals surface area (Å²) in [5, 5.41) is 0.417. The smallest absolute Gasteiger partial charge is 0.243 e. The number of hydrogen-bond donors (Lipinski definition) is 0. The fraction of sp³-hybridized carbons (Fsp3) is 0.278. The largest absolute Gasteiger partial charge is 0.439 e. The van der Waals surface area contributed by atoms with Crippen molar-refractivity contribution in [2.24, 2.45) is 0 Å². The van der Waals surface area contributed by atoms with Crippen LogP contribution in [-0.4, -0.2) is 48.8 Å². The Morgan fingerprint density at radius 1 is 1.04 bits per heavy atom. The molecular weight excluding hydrogens is 374 g/mol. The van der Waals surface area contributed by atoms with E-state index in [1.807, 2.05) is 24.3 Å². The normalized spacial score (nSPS) is 17.0. The van der Waals surface area contributed by atoms with E-state index in [2.05, 4.69) is 9.88 Å². The van der Waals surface area contributed by atoms with Gasteiger partial charge in [-0.1, -0.05) is 29.8 Å². The second kappa shape index (κ2) is 7.00. The molecule has 1 aromatic heterocycles. The molecule has 1 saturated heterocycles. The number of piperazine rings is 1. The third kappa shape index (κ3) is 3.48. The molecule has 0 radical (unpaired) electrons. The SMILES string of the molecule is O=S(=O)(c1cccc(Cl)c1)N1CCN(Cc2nc3ccccc3o2)CC1. The summed E-state index contributed by atoms with van der Waals surface area (Å²) >= 11 is 5.93. The highest BCUT2D eigenvalue weighted by Gasteiger charge is 2.29. The first-order valence-electron chi connectivity index (χ1n) is 8.35. The maximum atomic E-state index is 12.7. The molecule has 0 aliphatic carbocycles. The summed E-state index contributed by atoms with van der Waals surface area (Å²) in [5.41, 5.74) is 1.61. The Bertz CT molecular complexity index is 994. The van der Waals surface area contributed by atoms with Gasteiger partial charge in [0.1, 0.15) is 5.52 Å². The first-order chi connectivity index (χ1) is 12.5. The molecule has 2 heterocycles. The average molecular weight is 392 g/mol. The highest BCUT2D eigenvalue weighted by atomic mass is 35.5. The molecule has 26 heavy (non-hydrogen) atoms. The van der Waals surface area contributed by atoms with Crippen LogP contribution in [0.5, 0.6) is 0 Å². The van der Waals surface area contributed by atoms with Crippen LogP contribution in [0, 0.1) is 0 Å². The van der Waals surface area contributed by atoms with E-state index in [9.17, 15) is 8.42 Å². The van der Waals surface area contributed by atoms with Gasteiger partial charge in [0.25, 0.3) is 0 Å². The molecule has 0 atom stereocenters. The first kappa shape index (κ1) is 17.5. The van der Waals surface area contributed by atoms with Gasteiger partial charge in [-0.2, -0.15) is 4.31 Å². The number of fused-ring (bicyclic) bond motifs is 1. The summed E-state index contributed by atoms with van der Waals surface area (Å²) < 4.78 is 32.7. The van der Waals surface area contributed by atoms with E-state index in [1.54, 1.807) is 18.2 Å². The lowest BCUT2D eigenvalue weighted by Gasteiger charge is -2.33. The molecule has 0 spiro atoms. The van der Waals surface area contributed by atoms with Crippen LogP contribution in [0.2, 0.25) is 5.02 Å². The van der Waals surface area contributed by atoms with Gasteiger partial charge >= 0.3 is 0 Å². The Morgan fingerprint density at radius 2 is 1.81 bits per heavy atom. The van der Waals surface area contributed by atoms with Gasteiger partial charge < -0.3 is 4.42 Å². The Labute approximate surface area is 157 Å². The molecule has 0 unspecified atom stereocenters. The number of halogens is 1. The van der Waals surface area contributed by atoms with Crippen LogP contribution in [0.25, 0.3) is 11.1 Å². The van der Waals surface area contributed by atoms with Gasteiger partial charge in [-0.25, -0.2) is 13.4 Å². The Balaban J connectivity index is 1.42. The molecule has 0 amide bonds. The molecule has 8 heteroatoms. The van der Waals surface area contributed by atoms with Gasteiger partial charge in [0, 0.05) is 31.2 Å². The van der Waals surface area contributed by atoms with Crippen molar-refractivity contribution in [3.63, 3.8) is 0 Å². The van der Waals surface area contributed by atoms with Crippen LogP contribution in [0.3, 0.4) is 0 Å². The summed E-state index contributed by atoms with van der Waals surface area (Å²) in [6.07, 6.45) is 0. The number of oxazole rings is 1. The lowest BCUT2D eigenvalue weighted by atomic mass is 10.3. The van der Waals surface area contributed by atoms with Crippen LogP contribution in [0.4, 0.5) is 0 Å². The van der Waals surface area contributed by atoms with Gasteiger partial charge in [0.05, 0.1) is 11.4 Å². The van der Waals surface area contributed by atoms with Crippen LogP contribution in [0.15, 0.2) is 57.8 Å². The summed E-state index contributed by atoms with van der Waals surface area (Å²) in [5.74, 6) is 0.650. The van der Waals surface area contributed by atoms with Crippen molar-refractivity contribution in [2.75, 3.05) is 26.2 Å². The zero-order valence-corrected chi connectivity index (χ0v) is 15.6. The lowest BCUT2D eigenvalue weighted by molar-refractivity contribution is 0.169. The van der Waals surface area contributed by atoms with Crippen molar-refractivity contribution in [1.29, 1.82) is 0 Å². The van der Waals surface area contributed by atoms with E-state index in [-0.39, 0.29) is 4.90 Å². The number of nitrogens with zero attached hydrogens (tertiary/aromatic N) is 3. The first-order valence-corrected chi connectivity index (χ1v) is 10.2. The molecule has 2 aromatic carbocycles. The fourth-order valence-corrected chi connectivity index (χ4v) is 4.81. The molecule has 1 fully saturated rings. The van der Waals surface area contributed by atoms with Gasteiger partial charge in [0.15, 0.2) is 5.58 Å². The monoisotopic (exact) mass is 391 g/mol. The standard InChI is InChI=1S/C18H18ClN3O3S/c19-14-4-3-5-15(12-14)26(23,24)22-10-8-21(9-11-22)13-18-20-16-6-1-2-7-17(16)25-18/h1-7,12H,8-11,13H2. The minimum absolute atomic E-state index is 0.234. The second-order valence-electron chi connectivity index (χ2n) is 6.21. The molecule has 4 rings (SSSR count). The van der Waals surface area contributed by atoms with E-state index in [0.29, 0.717) is 43.6 Å². The summed E-state index contributed by atoms with van der Waals surface area (Å²) in [6.45, 7) is 2.67. The zero-order chi connectivity index (χ0) is 18.1. The lowest BCUT2D eigenvalue weighted by Crippen LogP contribution is -2.48. The number of hydrogen-bond acceptors (Lipinski definition) is 5. The van der Waals surface area contributed by atoms with Gasteiger partial charge in [-0.15, -0.1) is 0 Å². The quantitative estimate of drug-likeness (QED) is 0.684. The van der Waals surface area contributed by atoms with E-state index < -0.39 is 10.0 Å². The van der Waals surface area contributed by atoms with Gasteiger partial charge in [0.2, 0.25) is 15.9 Å². The van der Waals surface area contributed by atoms with Crippen molar-refractivity contribution in [3.05, 3.63) is 59.4 Å². The summed E-state index contributed by atoms with van der Waals surface area (Å²) in [6, 6.07) is 14.0. The van der Waals surface area contributed by atoms with Crippen LogP contribution >= 0.6 is 11.6 Å². The Hall–Kier alpha value is -1.93. The van der Waals surface area contributed by atoms with Crippen molar-refractivity contribution < 1.29 is 12.8 Å².